The van der Waals surface area contributed by atoms with E-state index >= 15 is 0 Å². The van der Waals surface area contributed by atoms with Gasteiger partial charge in [-0.1, -0.05) is 23.4 Å². The summed E-state index contributed by atoms with van der Waals surface area (Å²) in [6.07, 6.45) is 0. The summed E-state index contributed by atoms with van der Waals surface area (Å²) in [4.78, 5) is 6.75. The summed E-state index contributed by atoms with van der Waals surface area (Å²) in [6, 6.07) is 8.53. The van der Waals surface area contributed by atoms with Crippen molar-refractivity contribution in [2.45, 2.75) is 24.8 Å². The number of hydrogen-bond acceptors (Lipinski definition) is 6. The van der Waals surface area contributed by atoms with E-state index in [2.05, 4.69) is 15.0 Å². The van der Waals surface area contributed by atoms with Crippen molar-refractivity contribution in [2.24, 2.45) is 0 Å². The van der Waals surface area contributed by atoms with Gasteiger partial charge in [0.05, 0.1) is 10.9 Å². The first-order valence-corrected chi connectivity index (χ1v) is 9.02. The van der Waals surface area contributed by atoms with Gasteiger partial charge < -0.3 is 4.52 Å². The number of piperazine rings is 1. The van der Waals surface area contributed by atoms with Gasteiger partial charge >= 0.3 is 0 Å². The number of nitrogens with zero attached hydrogens (tertiary/aromatic N) is 4. The lowest BCUT2D eigenvalue weighted by molar-refractivity contribution is 0.124. The Hall–Kier alpha value is -1.77. The SMILES string of the molecule is Cc1noc([C@H](C)N2CCN(S(=O)(=O)c3ccccc3)CC2)n1. The fourth-order valence-electron chi connectivity index (χ4n) is 2.71. The van der Waals surface area contributed by atoms with Gasteiger partial charge in [-0.25, -0.2) is 8.42 Å². The average molecular weight is 336 g/mol. The van der Waals surface area contributed by atoms with Gasteiger partial charge in [0.15, 0.2) is 5.82 Å². The van der Waals surface area contributed by atoms with E-state index < -0.39 is 10.0 Å². The van der Waals surface area contributed by atoms with Gasteiger partial charge in [0.1, 0.15) is 0 Å². The molecule has 0 unspecified atom stereocenters. The topological polar surface area (TPSA) is 79.5 Å². The standard InChI is InChI=1S/C15H20N4O3S/c1-12(15-16-13(2)17-22-15)18-8-10-19(11-9-18)23(20,21)14-6-4-3-5-7-14/h3-7,12H,8-11H2,1-2H3/t12-/m0/s1. The Bertz CT molecular complexity index is 752. The molecule has 0 aliphatic carbocycles. The minimum Gasteiger partial charge on any atom is -0.338 e. The van der Waals surface area contributed by atoms with Gasteiger partial charge in [-0.05, 0) is 26.0 Å². The van der Waals surface area contributed by atoms with Gasteiger partial charge in [-0.3, -0.25) is 4.90 Å². The third-order valence-corrected chi connectivity index (χ3v) is 6.02. The molecule has 0 bridgehead atoms. The van der Waals surface area contributed by atoms with Crippen LogP contribution in [0.1, 0.15) is 24.7 Å². The average Bonchev–Trinajstić information content (AvgIpc) is 3.01. The zero-order valence-corrected chi connectivity index (χ0v) is 14.0. The van der Waals surface area contributed by atoms with Gasteiger partial charge in [0.2, 0.25) is 15.9 Å². The highest BCUT2D eigenvalue weighted by atomic mass is 32.2. The van der Waals surface area contributed by atoms with Crippen molar-refractivity contribution in [1.82, 2.24) is 19.3 Å². The van der Waals surface area contributed by atoms with Crippen molar-refractivity contribution in [3.8, 4) is 0 Å². The van der Waals surface area contributed by atoms with E-state index in [-0.39, 0.29) is 6.04 Å². The van der Waals surface area contributed by atoms with E-state index in [0.29, 0.717) is 42.8 Å². The number of rotatable bonds is 4. The summed E-state index contributed by atoms with van der Waals surface area (Å²) in [5.74, 6) is 1.18. The number of aromatic nitrogens is 2. The Morgan fingerprint density at radius 1 is 1.13 bits per heavy atom. The van der Waals surface area contributed by atoms with Crippen molar-refractivity contribution >= 4 is 10.0 Å². The summed E-state index contributed by atoms with van der Waals surface area (Å²) in [7, 11) is -3.42. The number of benzene rings is 1. The lowest BCUT2D eigenvalue weighted by atomic mass is 10.2. The molecule has 0 radical (unpaired) electrons. The van der Waals surface area contributed by atoms with Crippen LogP contribution in [-0.4, -0.2) is 53.9 Å². The molecule has 1 aliphatic heterocycles. The van der Waals surface area contributed by atoms with E-state index in [1.54, 1.807) is 31.2 Å². The molecule has 1 aromatic carbocycles. The minimum atomic E-state index is -3.42. The molecule has 3 rings (SSSR count). The molecule has 1 fully saturated rings. The van der Waals surface area contributed by atoms with Crippen molar-refractivity contribution in [2.75, 3.05) is 26.2 Å². The van der Waals surface area contributed by atoms with Crippen molar-refractivity contribution in [1.29, 1.82) is 0 Å². The lowest BCUT2D eigenvalue weighted by Crippen LogP contribution is -2.49. The van der Waals surface area contributed by atoms with E-state index in [9.17, 15) is 8.42 Å². The molecule has 1 aliphatic rings. The summed E-state index contributed by atoms with van der Waals surface area (Å²) in [5, 5.41) is 3.81. The molecular formula is C15H20N4O3S. The minimum absolute atomic E-state index is 0.0159. The summed E-state index contributed by atoms with van der Waals surface area (Å²) < 4.78 is 31.9. The quantitative estimate of drug-likeness (QED) is 0.841. The molecule has 1 aromatic heterocycles. The highest BCUT2D eigenvalue weighted by Crippen LogP contribution is 2.23. The predicted molar refractivity (Wildman–Crippen MR) is 84.2 cm³/mol. The lowest BCUT2D eigenvalue weighted by Gasteiger charge is -2.36. The molecule has 8 heteroatoms. The Balaban J connectivity index is 1.67. The van der Waals surface area contributed by atoms with Gasteiger partial charge in [0.25, 0.3) is 0 Å². The third kappa shape index (κ3) is 3.29. The highest BCUT2D eigenvalue weighted by Gasteiger charge is 2.31. The zero-order chi connectivity index (χ0) is 16.4. The van der Waals surface area contributed by atoms with Crippen molar-refractivity contribution in [3.63, 3.8) is 0 Å². The first-order chi connectivity index (χ1) is 11.0. The van der Waals surface area contributed by atoms with E-state index in [4.69, 9.17) is 4.52 Å². The maximum Gasteiger partial charge on any atom is 0.243 e. The Kier molecular flexibility index (Phi) is 4.47. The van der Waals surface area contributed by atoms with Gasteiger partial charge in [-0.2, -0.15) is 9.29 Å². The van der Waals surface area contributed by atoms with Crippen LogP contribution < -0.4 is 0 Å². The molecular weight excluding hydrogens is 316 g/mol. The highest BCUT2D eigenvalue weighted by molar-refractivity contribution is 7.89. The van der Waals surface area contributed by atoms with Crippen LogP contribution in [0.15, 0.2) is 39.8 Å². The number of hydrogen-bond donors (Lipinski definition) is 0. The zero-order valence-electron chi connectivity index (χ0n) is 13.2. The Morgan fingerprint density at radius 2 is 1.78 bits per heavy atom. The second-order valence-electron chi connectivity index (χ2n) is 5.61. The number of aryl methyl sites for hydroxylation is 1. The van der Waals surface area contributed by atoms with Crippen molar-refractivity contribution < 1.29 is 12.9 Å². The maximum absolute atomic E-state index is 12.6. The Labute approximate surface area is 136 Å². The second kappa shape index (κ2) is 6.38. The van der Waals surface area contributed by atoms with Crippen LogP contribution in [0.2, 0.25) is 0 Å². The molecule has 1 atom stereocenters. The van der Waals surface area contributed by atoms with Crippen LogP contribution in [0.5, 0.6) is 0 Å². The van der Waals surface area contributed by atoms with E-state index in [0.717, 1.165) is 0 Å². The molecule has 23 heavy (non-hydrogen) atoms. The van der Waals surface area contributed by atoms with Crippen molar-refractivity contribution in [3.05, 3.63) is 42.0 Å². The molecule has 0 spiro atoms. The van der Waals surface area contributed by atoms with Crippen LogP contribution >= 0.6 is 0 Å². The first-order valence-electron chi connectivity index (χ1n) is 7.58. The van der Waals surface area contributed by atoms with Gasteiger partial charge in [0, 0.05) is 26.2 Å². The van der Waals surface area contributed by atoms with E-state index in [1.165, 1.54) is 4.31 Å². The molecule has 124 valence electrons. The molecule has 2 aromatic rings. The van der Waals surface area contributed by atoms with Crippen LogP contribution in [-0.2, 0) is 10.0 Å². The fourth-order valence-corrected chi connectivity index (χ4v) is 4.15. The van der Waals surface area contributed by atoms with Crippen LogP contribution in [0.4, 0.5) is 0 Å². The normalized spacial score (nSPS) is 18.9. The Morgan fingerprint density at radius 3 is 2.35 bits per heavy atom. The largest absolute Gasteiger partial charge is 0.338 e. The second-order valence-corrected chi connectivity index (χ2v) is 7.55. The third-order valence-electron chi connectivity index (χ3n) is 4.10. The fraction of sp³-hybridized carbons (Fsp3) is 0.467. The molecule has 0 saturated carbocycles. The smallest absolute Gasteiger partial charge is 0.243 e. The van der Waals surface area contributed by atoms with E-state index in [1.807, 2.05) is 13.0 Å². The molecule has 1 saturated heterocycles. The summed E-state index contributed by atoms with van der Waals surface area (Å²) in [5.41, 5.74) is 0. The summed E-state index contributed by atoms with van der Waals surface area (Å²) >= 11 is 0. The van der Waals surface area contributed by atoms with Crippen LogP contribution in [0.25, 0.3) is 0 Å². The first kappa shape index (κ1) is 16.1. The van der Waals surface area contributed by atoms with Gasteiger partial charge in [-0.15, -0.1) is 0 Å². The summed E-state index contributed by atoms with van der Waals surface area (Å²) in [6.45, 7) is 5.95. The predicted octanol–water partition coefficient (Wildman–Crippen LogP) is 1.45. The monoisotopic (exact) mass is 336 g/mol. The number of sulfonamides is 1. The molecule has 0 amide bonds. The molecule has 0 N–H and O–H groups in total. The maximum atomic E-state index is 12.6. The van der Waals surface area contributed by atoms with Crippen LogP contribution in [0, 0.1) is 6.92 Å². The van der Waals surface area contributed by atoms with Crippen LogP contribution in [0.3, 0.4) is 0 Å². The molecule has 2 heterocycles. The molecule has 7 nitrogen and oxygen atoms in total.